The van der Waals surface area contributed by atoms with E-state index in [1.807, 2.05) is 49.9 Å². The van der Waals surface area contributed by atoms with Gasteiger partial charge in [-0.2, -0.15) is 0 Å². The first kappa shape index (κ1) is 18.7. The minimum Gasteiger partial charge on any atom is -0.360 e. The molecule has 6 nitrogen and oxygen atoms in total. The van der Waals surface area contributed by atoms with Crippen LogP contribution >= 0.6 is 11.6 Å². The summed E-state index contributed by atoms with van der Waals surface area (Å²) in [6, 6.07) is 12.0. The number of hydrogen-bond donors (Lipinski definition) is 1. The lowest BCUT2D eigenvalue weighted by Gasteiger charge is -2.28. The van der Waals surface area contributed by atoms with E-state index in [-0.39, 0.29) is 29.2 Å². The molecule has 0 aliphatic carbocycles. The number of carbonyl (C=O) groups is 1. The third-order valence-electron chi connectivity index (χ3n) is 3.74. The van der Waals surface area contributed by atoms with Crippen molar-refractivity contribution in [2.24, 2.45) is 0 Å². The van der Waals surface area contributed by atoms with Gasteiger partial charge in [-0.1, -0.05) is 29.3 Å². The first-order valence-electron chi connectivity index (χ1n) is 7.85. The van der Waals surface area contributed by atoms with Gasteiger partial charge in [-0.05, 0) is 39.0 Å². The number of benzene rings is 2. The summed E-state index contributed by atoms with van der Waals surface area (Å²) in [6.07, 6.45) is 0. The molecule has 2 rings (SSSR count). The average Bonchev–Trinajstić information content (AvgIpc) is 2.55. The molecule has 7 heteroatoms. The van der Waals surface area contributed by atoms with E-state index < -0.39 is 4.92 Å². The second-order valence-electron chi connectivity index (χ2n) is 6.03. The molecule has 2 aromatic carbocycles. The average molecular weight is 362 g/mol. The largest absolute Gasteiger partial charge is 0.360 e. The summed E-state index contributed by atoms with van der Waals surface area (Å²) in [5.41, 5.74) is 2.33. The molecule has 0 spiro atoms. The number of carbonyl (C=O) groups excluding carboxylic acids is 1. The summed E-state index contributed by atoms with van der Waals surface area (Å²) in [6.45, 7) is 6.17. The summed E-state index contributed by atoms with van der Waals surface area (Å²) in [5.74, 6) is -0.245. The number of halogens is 1. The fourth-order valence-corrected chi connectivity index (χ4v) is 2.59. The molecule has 1 amide bonds. The summed E-state index contributed by atoms with van der Waals surface area (Å²) in [7, 11) is 0. The number of nitrogens with zero attached hydrogens (tertiary/aromatic N) is 2. The number of rotatable bonds is 6. The predicted octanol–water partition coefficient (Wildman–Crippen LogP) is 4.41. The van der Waals surface area contributed by atoms with Gasteiger partial charge in [0.15, 0.2) is 0 Å². The van der Waals surface area contributed by atoms with Crippen molar-refractivity contribution in [2.45, 2.75) is 26.8 Å². The Morgan fingerprint density at radius 1 is 1.24 bits per heavy atom. The molecular weight excluding hydrogens is 342 g/mol. The van der Waals surface area contributed by atoms with E-state index in [0.717, 1.165) is 11.3 Å². The van der Waals surface area contributed by atoms with Gasteiger partial charge in [-0.25, -0.2) is 0 Å². The number of anilines is 2. The zero-order chi connectivity index (χ0) is 18.6. The fraction of sp³-hybridized carbons (Fsp3) is 0.278. The molecule has 132 valence electrons. The molecule has 0 fully saturated rings. The maximum Gasteiger partial charge on any atom is 0.271 e. The fourth-order valence-electron chi connectivity index (χ4n) is 2.37. The molecule has 1 N–H and O–H groups in total. The first-order chi connectivity index (χ1) is 11.8. The van der Waals surface area contributed by atoms with E-state index in [9.17, 15) is 14.9 Å². The molecule has 0 aliphatic rings. The molecule has 25 heavy (non-hydrogen) atoms. The van der Waals surface area contributed by atoms with Crippen LogP contribution < -0.4 is 10.2 Å². The molecular formula is C18H20ClN3O3. The maximum absolute atomic E-state index is 12.4. The Balaban J connectivity index is 2.11. The third-order valence-corrected chi connectivity index (χ3v) is 4.05. The Morgan fingerprint density at radius 3 is 2.40 bits per heavy atom. The number of hydrogen-bond acceptors (Lipinski definition) is 4. The molecule has 0 saturated heterocycles. The van der Waals surface area contributed by atoms with E-state index in [1.165, 1.54) is 18.2 Å². The van der Waals surface area contributed by atoms with Crippen LogP contribution in [0.3, 0.4) is 0 Å². The molecule has 0 saturated carbocycles. The lowest BCUT2D eigenvalue weighted by atomic mass is 10.2. The highest BCUT2D eigenvalue weighted by molar-refractivity contribution is 6.34. The number of nitro groups is 1. The molecule has 0 atom stereocenters. The molecule has 2 aromatic rings. The summed E-state index contributed by atoms with van der Waals surface area (Å²) in [5, 5.41) is 13.6. The standard InChI is InChI=1S/C18H20ClN3O3/c1-12(2)21(14-6-4-13(3)5-7-14)11-18(23)20-17-9-8-15(22(24)25)10-16(17)19/h4-10,12H,11H2,1-3H3,(H,20,23). The number of amides is 1. The Morgan fingerprint density at radius 2 is 1.88 bits per heavy atom. The summed E-state index contributed by atoms with van der Waals surface area (Å²) in [4.78, 5) is 24.6. The van der Waals surface area contributed by atoms with E-state index in [2.05, 4.69) is 5.32 Å². The van der Waals surface area contributed by atoms with Crippen LogP contribution in [0.4, 0.5) is 17.1 Å². The van der Waals surface area contributed by atoms with Gasteiger partial charge in [0.2, 0.25) is 5.91 Å². The van der Waals surface area contributed by atoms with Crippen molar-refractivity contribution in [2.75, 3.05) is 16.8 Å². The van der Waals surface area contributed by atoms with Crippen LogP contribution in [0, 0.1) is 17.0 Å². The zero-order valence-electron chi connectivity index (χ0n) is 14.3. The van der Waals surface area contributed by atoms with Crippen molar-refractivity contribution in [1.82, 2.24) is 0 Å². The van der Waals surface area contributed by atoms with Crippen LogP contribution in [0.1, 0.15) is 19.4 Å². The summed E-state index contributed by atoms with van der Waals surface area (Å²) < 4.78 is 0. The first-order valence-corrected chi connectivity index (χ1v) is 8.23. The second kappa shape index (κ2) is 7.98. The molecule has 0 aromatic heterocycles. The zero-order valence-corrected chi connectivity index (χ0v) is 15.1. The van der Waals surface area contributed by atoms with E-state index in [4.69, 9.17) is 11.6 Å². The lowest BCUT2D eigenvalue weighted by Crippen LogP contribution is -2.38. The lowest BCUT2D eigenvalue weighted by molar-refractivity contribution is -0.384. The molecule has 0 heterocycles. The Bertz CT molecular complexity index is 776. The van der Waals surface area contributed by atoms with Gasteiger partial charge in [0, 0.05) is 23.9 Å². The Labute approximate surface area is 151 Å². The monoisotopic (exact) mass is 361 g/mol. The van der Waals surface area contributed by atoms with Crippen LogP contribution in [0.5, 0.6) is 0 Å². The van der Waals surface area contributed by atoms with Gasteiger partial charge in [0.05, 0.1) is 22.2 Å². The van der Waals surface area contributed by atoms with Crippen LogP contribution in [0.25, 0.3) is 0 Å². The minimum absolute atomic E-state index is 0.119. The smallest absolute Gasteiger partial charge is 0.271 e. The van der Waals surface area contributed by atoms with E-state index in [0.29, 0.717) is 5.69 Å². The topological polar surface area (TPSA) is 75.5 Å². The van der Waals surface area contributed by atoms with Crippen LogP contribution in [0.2, 0.25) is 5.02 Å². The van der Waals surface area contributed by atoms with Crippen molar-refractivity contribution >= 4 is 34.6 Å². The van der Waals surface area contributed by atoms with E-state index in [1.54, 1.807) is 0 Å². The second-order valence-corrected chi connectivity index (χ2v) is 6.43. The maximum atomic E-state index is 12.4. The normalized spacial score (nSPS) is 10.6. The number of non-ortho nitro benzene ring substituents is 1. The number of nitro benzene ring substituents is 1. The SMILES string of the molecule is Cc1ccc(N(CC(=O)Nc2ccc([N+](=O)[O-])cc2Cl)C(C)C)cc1. The third kappa shape index (κ3) is 4.93. The van der Waals surface area contributed by atoms with Crippen molar-refractivity contribution in [3.8, 4) is 0 Å². The molecule has 0 aliphatic heterocycles. The molecule has 0 unspecified atom stereocenters. The van der Waals surface area contributed by atoms with Crippen LogP contribution in [-0.4, -0.2) is 23.4 Å². The van der Waals surface area contributed by atoms with Crippen LogP contribution in [0.15, 0.2) is 42.5 Å². The molecule has 0 bridgehead atoms. The van der Waals surface area contributed by atoms with Crippen molar-refractivity contribution in [3.63, 3.8) is 0 Å². The van der Waals surface area contributed by atoms with E-state index >= 15 is 0 Å². The Kier molecular flexibility index (Phi) is 5.98. The van der Waals surface area contributed by atoms with Gasteiger partial charge in [-0.15, -0.1) is 0 Å². The van der Waals surface area contributed by atoms with Gasteiger partial charge in [0.25, 0.3) is 5.69 Å². The van der Waals surface area contributed by atoms with Crippen molar-refractivity contribution in [1.29, 1.82) is 0 Å². The number of nitrogens with one attached hydrogen (secondary N) is 1. The molecule has 0 radical (unpaired) electrons. The summed E-state index contributed by atoms with van der Waals surface area (Å²) >= 11 is 6.02. The van der Waals surface area contributed by atoms with Gasteiger partial charge in [-0.3, -0.25) is 14.9 Å². The highest BCUT2D eigenvalue weighted by Gasteiger charge is 2.17. The van der Waals surface area contributed by atoms with Crippen LogP contribution in [-0.2, 0) is 4.79 Å². The van der Waals surface area contributed by atoms with Gasteiger partial charge >= 0.3 is 0 Å². The van der Waals surface area contributed by atoms with Gasteiger partial charge < -0.3 is 10.2 Å². The predicted molar refractivity (Wildman–Crippen MR) is 100 cm³/mol. The quantitative estimate of drug-likeness (QED) is 0.610. The highest BCUT2D eigenvalue weighted by Crippen LogP contribution is 2.27. The minimum atomic E-state index is -0.532. The van der Waals surface area contributed by atoms with Crippen molar-refractivity contribution in [3.05, 3.63) is 63.2 Å². The highest BCUT2D eigenvalue weighted by atomic mass is 35.5. The Hall–Kier alpha value is -2.60. The van der Waals surface area contributed by atoms with Gasteiger partial charge in [0.1, 0.15) is 0 Å². The number of aryl methyl sites for hydroxylation is 1. The van der Waals surface area contributed by atoms with Crippen molar-refractivity contribution < 1.29 is 9.72 Å².